The van der Waals surface area contributed by atoms with Crippen molar-refractivity contribution in [2.45, 2.75) is 13.3 Å². The van der Waals surface area contributed by atoms with Crippen LogP contribution in [0.15, 0.2) is 18.2 Å². The van der Waals surface area contributed by atoms with Crippen molar-refractivity contribution in [3.63, 3.8) is 0 Å². The first-order valence-electron chi connectivity index (χ1n) is 6.33. The minimum absolute atomic E-state index is 0.290. The third-order valence-corrected chi connectivity index (χ3v) is 3.49. The Hall–Kier alpha value is -2.01. The second-order valence-electron chi connectivity index (χ2n) is 4.63. The third kappa shape index (κ3) is 1.96. The van der Waals surface area contributed by atoms with E-state index >= 15 is 0 Å². The van der Waals surface area contributed by atoms with Gasteiger partial charge in [0.15, 0.2) is 11.5 Å². The first-order chi connectivity index (χ1) is 9.20. The van der Waals surface area contributed by atoms with Gasteiger partial charge in [-0.15, -0.1) is 0 Å². The van der Waals surface area contributed by atoms with Crippen LogP contribution in [0.3, 0.4) is 0 Å². The highest BCUT2D eigenvalue weighted by Gasteiger charge is 2.17. The Morgan fingerprint density at radius 1 is 1.32 bits per heavy atom. The fraction of sp³-hybridized carbons (Fsp3) is 0.357. The molecule has 2 heterocycles. The van der Waals surface area contributed by atoms with Gasteiger partial charge in [-0.1, -0.05) is 0 Å². The highest BCUT2D eigenvalue weighted by molar-refractivity contribution is 5.66. The van der Waals surface area contributed by atoms with Crippen molar-refractivity contribution in [2.24, 2.45) is 12.8 Å². The molecule has 5 nitrogen and oxygen atoms in total. The molecule has 0 spiro atoms. The molecule has 100 valence electrons. The van der Waals surface area contributed by atoms with Gasteiger partial charge in [-0.3, -0.25) is 0 Å². The van der Waals surface area contributed by atoms with Crippen molar-refractivity contribution in [1.82, 2.24) is 9.55 Å². The number of fused-ring (bicyclic) bond motifs is 1. The SMILES string of the molecule is Cc1c(-c2ccc3c(c2)OCO3)nc(CCN)n1C. The molecule has 0 bridgehead atoms. The lowest BCUT2D eigenvalue weighted by Gasteiger charge is -2.02. The van der Waals surface area contributed by atoms with Crippen molar-refractivity contribution >= 4 is 0 Å². The summed E-state index contributed by atoms with van der Waals surface area (Å²) in [4.78, 5) is 4.68. The normalized spacial score (nSPS) is 13.0. The summed E-state index contributed by atoms with van der Waals surface area (Å²) in [6.45, 7) is 2.95. The van der Waals surface area contributed by atoms with Crippen molar-refractivity contribution in [1.29, 1.82) is 0 Å². The predicted octanol–water partition coefficient (Wildman–Crippen LogP) is 1.63. The van der Waals surface area contributed by atoms with Gasteiger partial charge in [-0.2, -0.15) is 0 Å². The van der Waals surface area contributed by atoms with Gasteiger partial charge in [0.2, 0.25) is 6.79 Å². The zero-order valence-corrected chi connectivity index (χ0v) is 11.1. The number of ether oxygens (including phenoxy) is 2. The lowest BCUT2D eigenvalue weighted by molar-refractivity contribution is 0.174. The molecule has 19 heavy (non-hydrogen) atoms. The molecule has 0 amide bonds. The zero-order valence-electron chi connectivity index (χ0n) is 11.1. The predicted molar refractivity (Wildman–Crippen MR) is 72.3 cm³/mol. The number of rotatable bonds is 3. The van der Waals surface area contributed by atoms with Gasteiger partial charge in [0.1, 0.15) is 5.82 Å². The van der Waals surface area contributed by atoms with Crippen molar-refractivity contribution < 1.29 is 9.47 Å². The molecular weight excluding hydrogens is 242 g/mol. The second kappa shape index (κ2) is 4.59. The third-order valence-electron chi connectivity index (χ3n) is 3.49. The van der Waals surface area contributed by atoms with Gasteiger partial charge < -0.3 is 19.8 Å². The molecule has 1 aromatic carbocycles. The van der Waals surface area contributed by atoms with E-state index < -0.39 is 0 Å². The topological polar surface area (TPSA) is 62.3 Å². The first-order valence-corrected chi connectivity index (χ1v) is 6.33. The van der Waals surface area contributed by atoms with Crippen LogP contribution < -0.4 is 15.2 Å². The largest absolute Gasteiger partial charge is 0.454 e. The summed E-state index contributed by atoms with van der Waals surface area (Å²) in [5, 5.41) is 0. The maximum atomic E-state index is 5.61. The number of imidazole rings is 1. The van der Waals surface area contributed by atoms with Crippen LogP contribution in [0.5, 0.6) is 11.5 Å². The Bertz CT molecular complexity index is 619. The summed E-state index contributed by atoms with van der Waals surface area (Å²) in [6, 6.07) is 5.91. The van der Waals surface area contributed by atoms with Gasteiger partial charge in [-0.25, -0.2) is 4.98 Å². The minimum atomic E-state index is 0.290. The lowest BCUT2D eigenvalue weighted by Crippen LogP contribution is -2.08. The van der Waals surface area contributed by atoms with E-state index in [4.69, 9.17) is 15.2 Å². The average Bonchev–Trinajstić information content (AvgIpc) is 2.98. The summed E-state index contributed by atoms with van der Waals surface area (Å²) in [7, 11) is 2.02. The smallest absolute Gasteiger partial charge is 0.231 e. The molecule has 1 aliphatic heterocycles. The molecule has 0 saturated carbocycles. The molecule has 0 fully saturated rings. The second-order valence-corrected chi connectivity index (χ2v) is 4.63. The van der Waals surface area contributed by atoms with Crippen molar-refractivity contribution in [3.05, 3.63) is 29.7 Å². The van der Waals surface area contributed by atoms with Gasteiger partial charge in [0.25, 0.3) is 0 Å². The maximum Gasteiger partial charge on any atom is 0.231 e. The summed E-state index contributed by atoms with van der Waals surface area (Å²) in [6.07, 6.45) is 0.780. The monoisotopic (exact) mass is 259 g/mol. The van der Waals surface area contributed by atoms with E-state index in [1.54, 1.807) is 0 Å². The van der Waals surface area contributed by atoms with Crippen LogP contribution in [0.1, 0.15) is 11.5 Å². The molecule has 0 unspecified atom stereocenters. The Morgan fingerprint density at radius 2 is 2.11 bits per heavy atom. The summed E-state index contributed by atoms with van der Waals surface area (Å²) < 4.78 is 12.8. The van der Waals surface area contributed by atoms with E-state index in [0.717, 1.165) is 40.7 Å². The Morgan fingerprint density at radius 3 is 2.89 bits per heavy atom. The first kappa shape index (κ1) is 12.0. The zero-order chi connectivity index (χ0) is 13.4. The van der Waals surface area contributed by atoms with Gasteiger partial charge in [-0.05, 0) is 31.7 Å². The Kier molecular flexibility index (Phi) is 2.91. The highest BCUT2D eigenvalue weighted by Crippen LogP contribution is 2.36. The summed E-state index contributed by atoms with van der Waals surface area (Å²) in [5.74, 6) is 2.58. The Labute approximate surface area is 112 Å². The molecule has 2 N–H and O–H groups in total. The van der Waals surface area contributed by atoms with Crippen molar-refractivity contribution in [3.8, 4) is 22.8 Å². The standard InChI is InChI=1S/C14H17N3O2/c1-9-14(16-13(5-6-15)17(9)2)10-3-4-11-12(7-10)19-8-18-11/h3-4,7H,5-6,8,15H2,1-2H3. The highest BCUT2D eigenvalue weighted by atomic mass is 16.7. The lowest BCUT2D eigenvalue weighted by atomic mass is 10.1. The summed E-state index contributed by atoms with van der Waals surface area (Å²) >= 11 is 0. The van der Waals surface area contributed by atoms with E-state index in [0.29, 0.717) is 13.3 Å². The number of nitrogens with two attached hydrogens (primary N) is 1. The van der Waals surface area contributed by atoms with Crippen LogP contribution >= 0.6 is 0 Å². The van der Waals surface area contributed by atoms with E-state index in [2.05, 4.69) is 16.5 Å². The number of hydrogen-bond acceptors (Lipinski definition) is 4. The van der Waals surface area contributed by atoms with Gasteiger partial charge in [0, 0.05) is 24.7 Å². The molecule has 0 atom stereocenters. The number of benzene rings is 1. The number of nitrogens with zero attached hydrogens (tertiary/aromatic N) is 2. The molecule has 5 heteroatoms. The fourth-order valence-corrected chi connectivity index (χ4v) is 2.31. The van der Waals surface area contributed by atoms with E-state index in [-0.39, 0.29) is 0 Å². The van der Waals surface area contributed by atoms with Crippen LogP contribution in [0.25, 0.3) is 11.3 Å². The van der Waals surface area contributed by atoms with Gasteiger partial charge >= 0.3 is 0 Å². The van der Waals surface area contributed by atoms with Crippen LogP contribution in [0.2, 0.25) is 0 Å². The van der Waals surface area contributed by atoms with Gasteiger partial charge in [0.05, 0.1) is 5.69 Å². The molecule has 0 aliphatic carbocycles. The fourth-order valence-electron chi connectivity index (χ4n) is 2.31. The molecule has 1 aromatic heterocycles. The van der Waals surface area contributed by atoms with Crippen molar-refractivity contribution in [2.75, 3.05) is 13.3 Å². The van der Waals surface area contributed by atoms with Crippen LogP contribution in [-0.2, 0) is 13.5 Å². The summed E-state index contributed by atoms with van der Waals surface area (Å²) in [5.41, 5.74) is 8.76. The quantitative estimate of drug-likeness (QED) is 0.910. The van der Waals surface area contributed by atoms with Crippen LogP contribution in [0.4, 0.5) is 0 Å². The van der Waals surface area contributed by atoms with E-state index in [9.17, 15) is 0 Å². The van der Waals surface area contributed by atoms with Crippen LogP contribution in [-0.4, -0.2) is 22.9 Å². The molecule has 1 aliphatic rings. The number of aromatic nitrogens is 2. The molecule has 2 aromatic rings. The van der Waals surface area contributed by atoms with E-state index in [1.807, 2.05) is 25.2 Å². The van der Waals surface area contributed by atoms with Crippen LogP contribution in [0, 0.1) is 6.92 Å². The van der Waals surface area contributed by atoms with E-state index in [1.165, 1.54) is 0 Å². The molecule has 0 radical (unpaired) electrons. The number of hydrogen-bond donors (Lipinski definition) is 1. The Balaban J connectivity index is 2.04. The molecule has 3 rings (SSSR count). The average molecular weight is 259 g/mol. The minimum Gasteiger partial charge on any atom is -0.454 e. The molecular formula is C14H17N3O2. The molecule has 0 saturated heterocycles. The maximum absolute atomic E-state index is 5.61.